The summed E-state index contributed by atoms with van der Waals surface area (Å²) < 4.78 is 0.823. The van der Waals surface area contributed by atoms with E-state index in [2.05, 4.69) is 16.8 Å². The van der Waals surface area contributed by atoms with Crippen LogP contribution in [0.15, 0.2) is 16.0 Å². The highest BCUT2D eigenvalue weighted by Crippen LogP contribution is 2.25. The van der Waals surface area contributed by atoms with Gasteiger partial charge in [-0.05, 0) is 0 Å². The molecule has 60 valence electrons. The van der Waals surface area contributed by atoms with Crippen LogP contribution in [-0.4, -0.2) is 16.0 Å². The second-order valence-electron chi connectivity index (χ2n) is 1.71. The summed E-state index contributed by atoms with van der Waals surface area (Å²) in [6.45, 7) is 3.55. The molecule has 0 aliphatic carbocycles. The second-order valence-corrected chi connectivity index (χ2v) is 4.48. The molecule has 1 rings (SSSR count). The molecule has 6 heteroatoms. The van der Waals surface area contributed by atoms with Gasteiger partial charge in [-0.2, -0.15) is 0 Å². The molecule has 0 aromatic carbocycles. The summed E-state index contributed by atoms with van der Waals surface area (Å²) >= 11 is 8.38. The maximum Gasteiger partial charge on any atom is 0.203 e. The van der Waals surface area contributed by atoms with Gasteiger partial charge in [-0.15, -0.1) is 10.2 Å². The maximum atomic E-state index is 5.54. The van der Waals surface area contributed by atoms with Crippen molar-refractivity contribution in [1.82, 2.24) is 10.2 Å². The molecule has 3 nitrogen and oxygen atoms in total. The van der Waals surface area contributed by atoms with E-state index in [4.69, 9.17) is 17.3 Å². The molecule has 0 saturated carbocycles. The molecule has 11 heavy (non-hydrogen) atoms. The normalized spacial score (nSPS) is 9.91. The Kier molecular flexibility index (Phi) is 3.16. The average molecular weight is 208 g/mol. The Morgan fingerprint density at radius 3 is 2.91 bits per heavy atom. The van der Waals surface area contributed by atoms with Crippen LogP contribution in [0.2, 0.25) is 0 Å². The highest BCUT2D eigenvalue weighted by Gasteiger charge is 2.00. The van der Waals surface area contributed by atoms with E-state index in [1.54, 1.807) is 0 Å². The van der Waals surface area contributed by atoms with E-state index < -0.39 is 0 Å². The molecule has 0 radical (unpaired) electrons. The van der Waals surface area contributed by atoms with E-state index in [-0.39, 0.29) is 0 Å². The number of thioether (sulfide) groups is 1. The van der Waals surface area contributed by atoms with Crippen LogP contribution in [0.25, 0.3) is 0 Å². The summed E-state index contributed by atoms with van der Waals surface area (Å²) in [5.41, 5.74) is 5.36. The van der Waals surface area contributed by atoms with Crippen LogP contribution in [-0.2, 0) is 0 Å². The molecular weight excluding hydrogens is 202 g/mol. The fraction of sp³-hybridized carbons (Fsp3) is 0.200. The number of hydrogen-bond acceptors (Lipinski definition) is 5. The monoisotopic (exact) mass is 207 g/mol. The second kappa shape index (κ2) is 3.94. The first kappa shape index (κ1) is 8.83. The summed E-state index contributed by atoms with van der Waals surface area (Å²) in [5.74, 6) is 0.649. The SMILES string of the molecule is C=C(Cl)CSc1nnc(N)s1. The zero-order valence-electron chi connectivity index (χ0n) is 5.58. The molecule has 0 amide bonds. The van der Waals surface area contributed by atoms with Gasteiger partial charge in [-0.1, -0.05) is 41.3 Å². The molecule has 1 aromatic heterocycles. The minimum Gasteiger partial charge on any atom is -0.374 e. The Labute approximate surface area is 77.7 Å². The van der Waals surface area contributed by atoms with Gasteiger partial charge in [0, 0.05) is 10.8 Å². The van der Waals surface area contributed by atoms with Crippen LogP contribution in [0.1, 0.15) is 0 Å². The van der Waals surface area contributed by atoms with Gasteiger partial charge in [0.25, 0.3) is 0 Å². The van der Waals surface area contributed by atoms with Crippen LogP contribution in [0.5, 0.6) is 0 Å². The van der Waals surface area contributed by atoms with Crippen molar-refractivity contribution in [2.24, 2.45) is 0 Å². The topological polar surface area (TPSA) is 51.8 Å². The van der Waals surface area contributed by atoms with Crippen molar-refractivity contribution in [2.45, 2.75) is 4.34 Å². The van der Waals surface area contributed by atoms with E-state index in [9.17, 15) is 0 Å². The Balaban J connectivity index is 2.45. The predicted molar refractivity (Wildman–Crippen MR) is 50.0 cm³/mol. The van der Waals surface area contributed by atoms with Gasteiger partial charge in [0.1, 0.15) is 0 Å². The summed E-state index contributed by atoms with van der Waals surface area (Å²) in [6, 6.07) is 0. The number of aromatic nitrogens is 2. The zero-order chi connectivity index (χ0) is 8.27. The number of rotatable bonds is 3. The molecule has 0 bridgehead atoms. The van der Waals surface area contributed by atoms with E-state index in [1.165, 1.54) is 23.1 Å². The zero-order valence-corrected chi connectivity index (χ0v) is 7.97. The third kappa shape index (κ3) is 3.09. The van der Waals surface area contributed by atoms with Crippen LogP contribution in [0.4, 0.5) is 5.13 Å². The fourth-order valence-electron chi connectivity index (χ4n) is 0.419. The lowest BCUT2D eigenvalue weighted by molar-refractivity contribution is 1.02. The fourth-order valence-corrected chi connectivity index (χ4v) is 1.97. The molecule has 0 aliphatic heterocycles. The third-order valence-corrected chi connectivity index (χ3v) is 3.04. The Morgan fingerprint density at radius 2 is 2.45 bits per heavy atom. The quantitative estimate of drug-likeness (QED) is 0.770. The Morgan fingerprint density at radius 1 is 1.73 bits per heavy atom. The van der Waals surface area contributed by atoms with Crippen molar-refractivity contribution in [3.05, 3.63) is 11.6 Å². The number of nitrogen functional groups attached to an aromatic ring is 1. The highest BCUT2D eigenvalue weighted by molar-refractivity contribution is 8.01. The van der Waals surface area contributed by atoms with E-state index in [0.717, 1.165) is 4.34 Å². The molecule has 0 saturated heterocycles. The van der Waals surface area contributed by atoms with Crippen LogP contribution >= 0.6 is 34.7 Å². The first-order chi connectivity index (χ1) is 5.18. The van der Waals surface area contributed by atoms with Crippen molar-refractivity contribution >= 4 is 39.8 Å². The van der Waals surface area contributed by atoms with E-state index in [1.807, 2.05) is 0 Å². The van der Waals surface area contributed by atoms with Crippen LogP contribution in [0, 0.1) is 0 Å². The Bertz CT molecular complexity index is 260. The largest absolute Gasteiger partial charge is 0.374 e. The molecule has 2 N–H and O–H groups in total. The predicted octanol–water partition coefficient (Wildman–Crippen LogP) is 1.96. The lowest BCUT2D eigenvalue weighted by Gasteiger charge is -1.90. The minimum absolute atomic E-state index is 0.479. The molecule has 0 spiro atoms. The standard InChI is InChI=1S/C5H6ClN3S2/c1-3(6)2-10-5-9-8-4(7)11-5/h1-2H2,(H2,7,8). The summed E-state index contributed by atoms with van der Waals surface area (Å²) in [7, 11) is 0. The van der Waals surface area contributed by atoms with Gasteiger partial charge in [0.2, 0.25) is 5.13 Å². The smallest absolute Gasteiger partial charge is 0.203 e. The van der Waals surface area contributed by atoms with Gasteiger partial charge in [-0.3, -0.25) is 0 Å². The molecule has 0 aliphatic rings. The summed E-state index contributed by atoms with van der Waals surface area (Å²) in [6.07, 6.45) is 0. The van der Waals surface area contributed by atoms with Gasteiger partial charge in [0.05, 0.1) is 0 Å². The number of nitrogens with zero attached hydrogens (tertiary/aromatic N) is 2. The highest BCUT2D eigenvalue weighted by atomic mass is 35.5. The van der Waals surface area contributed by atoms with Gasteiger partial charge in [0.15, 0.2) is 4.34 Å². The number of anilines is 1. The lowest BCUT2D eigenvalue weighted by atomic mass is 10.7. The maximum absolute atomic E-state index is 5.54. The lowest BCUT2D eigenvalue weighted by Crippen LogP contribution is -1.80. The first-order valence-corrected chi connectivity index (χ1v) is 4.91. The van der Waals surface area contributed by atoms with Crippen molar-refractivity contribution < 1.29 is 0 Å². The van der Waals surface area contributed by atoms with E-state index in [0.29, 0.717) is 15.9 Å². The molecule has 1 aromatic rings. The molecular formula is C5H6ClN3S2. The molecule has 0 atom stereocenters. The van der Waals surface area contributed by atoms with Crippen molar-refractivity contribution in [3.63, 3.8) is 0 Å². The van der Waals surface area contributed by atoms with Gasteiger partial charge >= 0.3 is 0 Å². The van der Waals surface area contributed by atoms with Gasteiger partial charge < -0.3 is 5.73 Å². The van der Waals surface area contributed by atoms with Crippen molar-refractivity contribution in [3.8, 4) is 0 Å². The third-order valence-electron chi connectivity index (χ3n) is 0.774. The molecule has 0 unspecified atom stereocenters. The minimum atomic E-state index is 0.479. The average Bonchev–Trinajstić information content (AvgIpc) is 2.31. The van der Waals surface area contributed by atoms with Crippen LogP contribution < -0.4 is 5.73 Å². The van der Waals surface area contributed by atoms with Crippen molar-refractivity contribution in [1.29, 1.82) is 0 Å². The number of nitrogens with two attached hydrogens (primary N) is 1. The van der Waals surface area contributed by atoms with E-state index >= 15 is 0 Å². The number of halogens is 1. The van der Waals surface area contributed by atoms with Gasteiger partial charge in [-0.25, -0.2) is 0 Å². The molecule has 1 heterocycles. The first-order valence-electron chi connectivity index (χ1n) is 2.73. The summed E-state index contributed by atoms with van der Waals surface area (Å²) in [4.78, 5) is 0. The van der Waals surface area contributed by atoms with Crippen LogP contribution in [0.3, 0.4) is 0 Å². The van der Waals surface area contributed by atoms with Crippen molar-refractivity contribution in [2.75, 3.05) is 11.5 Å². The Hall–Kier alpha value is -0.260. The molecule has 0 fully saturated rings. The number of hydrogen-bond donors (Lipinski definition) is 1. The summed E-state index contributed by atoms with van der Waals surface area (Å²) in [5, 5.41) is 8.52.